The molecule has 1 aliphatic rings. The number of aromatic nitrogens is 3. The fraction of sp³-hybridized carbons (Fsp3) is 0.688. The Morgan fingerprint density at radius 1 is 1.17 bits per heavy atom. The molecule has 3 heterocycles. The number of β-amino-alcohol motifs (C(OH)–C–C–N with tert-alkyl or cyclic N) is 1. The van der Waals surface area contributed by atoms with Gasteiger partial charge in [0.1, 0.15) is 17.0 Å². The number of aliphatic hydroxyl groups excluding tert-OH is 1. The molecule has 0 saturated carbocycles. The van der Waals surface area contributed by atoms with Crippen LogP contribution in [0.1, 0.15) is 37.2 Å². The van der Waals surface area contributed by atoms with Gasteiger partial charge in [-0.15, -0.1) is 0 Å². The molecule has 0 amide bonds. The molecular weight excluding hydrogens is 294 g/mol. The summed E-state index contributed by atoms with van der Waals surface area (Å²) in [6.07, 6.45) is 4.63. The zero-order chi connectivity index (χ0) is 16.2. The molecule has 1 fully saturated rings. The van der Waals surface area contributed by atoms with Crippen LogP contribution < -0.4 is 5.32 Å². The van der Waals surface area contributed by atoms with Crippen molar-refractivity contribution in [2.24, 2.45) is 0 Å². The van der Waals surface area contributed by atoms with Gasteiger partial charge in [0.25, 0.3) is 5.71 Å². The van der Waals surface area contributed by atoms with Crippen molar-refractivity contribution in [1.82, 2.24) is 20.0 Å². The number of nitrogens with zero attached hydrogens (tertiary/aromatic N) is 4. The minimum atomic E-state index is -0.432. The number of rotatable bonds is 5. The number of fused-ring (bicyclic) bond motifs is 1. The molecule has 23 heavy (non-hydrogen) atoms. The van der Waals surface area contributed by atoms with Crippen molar-refractivity contribution in [3.63, 3.8) is 0 Å². The molecule has 2 aromatic heterocycles. The Morgan fingerprint density at radius 2 is 1.91 bits per heavy atom. The Labute approximate surface area is 136 Å². The van der Waals surface area contributed by atoms with Gasteiger partial charge in [-0.25, -0.2) is 4.98 Å². The van der Waals surface area contributed by atoms with Gasteiger partial charge in [-0.05, 0) is 39.8 Å². The van der Waals surface area contributed by atoms with Gasteiger partial charge in [-0.2, -0.15) is 4.98 Å². The maximum atomic E-state index is 10.3. The van der Waals surface area contributed by atoms with Crippen LogP contribution >= 0.6 is 0 Å². The van der Waals surface area contributed by atoms with Crippen LogP contribution in [0.5, 0.6) is 0 Å². The van der Waals surface area contributed by atoms with Gasteiger partial charge in [0, 0.05) is 13.1 Å². The first kappa shape index (κ1) is 16.1. The van der Waals surface area contributed by atoms with E-state index in [0.29, 0.717) is 30.4 Å². The second-order valence-electron chi connectivity index (χ2n) is 6.32. The number of hydrogen-bond donors (Lipinski definition) is 2. The molecule has 0 radical (unpaired) electrons. The highest BCUT2D eigenvalue weighted by atomic mass is 16.5. The highest BCUT2D eigenvalue weighted by molar-refractivity contribution is 5.87. The molecule has 0 spiro atoms. The lowest BCUT2D eigenvalue weighted by atomic mass is 10.2. The summed E-state index contributed by atoms with van der Waals surface area (Å²) in [6, 6.07) is 0. The topological polar surface area (TPSA) is 87.3 Å². The standard InChI is InChI=1S/C16H25N5O2/c1-11-14-15(18-12(2)19-16(14)23-20-11)17-9-13(22)10-21-7-5-3-4-6-8-21/h13,22H,3-10H2,1-2H3,(H,17,18,19)/t13-/m1/s1. The Hall–Kier alpha value is -1.73. The van der Waals surface area contributed by atoms with Crippen molar-refractivity contribution in [2.45, 2.75) is 45.6 Å². The van der Waals surface area contributed by atoms with E-state index in [4.69, 9.17) is 4.52 Å². The average Bonchev–Trinajstić information content (AvgIpc) is 2.73. The van der Waals surface area contributed by atoms with Gasteiger partial charge in [-0.1, -0.05) is 18.0 Å². The smallest absolute Gasteiger partial charge is 0.263 e. The van der Waals surface area contributed by atoms with Crippen LogP contribution in [0.4, 0.5) is 5.82 Å². The molecule has 2 N–H and O–H groups in total. The summed E-state index contributed by atoms with van der Waals surface area (Å²) in [5.41, 5.74) is 1.24. The number of aryl methyl sites for hydroxylation is 2. The zero-order valence-electron chi connectivity index (χ0n) is 13.9. The SMILES string of the molecule is Cc1nc(NC[C@@H](O)CN2CCCCCC2)c2c(C)noc2n1. The molecule has 0 bridgehead atoms. The maximum absolute atomic E-state index is 10.3. The molecule has 0 aliphatic carbocycles. The predicted molar refractivity (Wildman–Crippen MR) is 88.5 cm³/mol. The Bertz CT molecular complexity index is 649. The van der Waals surface area contributed by atoms with Crippen LogP contribution in [-0.4, -0.2) is 57.4 Å². The first-order valence-corrected chi connectivity index (χ1v) is 8.38. The molecule has 3 rings (SSSR count). The van der Waals surface area contributed by atoms with Crippen molar-refractivity contribution in [1.29, 1.82) is 0 Å². The van der Waals surface area contributed by atoms with E-state index in [0.717, 1.165) is 24.2 Å². The minimum Gasteiger partial charge on any atom is -0.390 e. The summed E-state index contributed by atoms with van der Waals surface area (Å²) in [5, 5.41) is 18.3. The summed E-state index contributed by atoms with van der Waals surface area (Å²) in [4.78, 5) is 11.0. The third kappa shape index (κ3) is 3.97. The molecule has 7 nitrogen and oxygen atoms in total. The summed E-state index contributed by atoms with van der Waals surface area (Å²) in [6.45, 7) is 6.99. The van der Waals surface area contributed by atoms with E-state index < -0.39 is 6.10 Å². The molecule has 1 atom stereocenters. The van der Waals surface area contributed by atoms with Gasteiger partial charge in [0.2, 0.25) is 0 Å². The highest BCUT2D eigenvalue weighted by Crippen LogP contribution is 2.23. The van der Waals surface area contributed by atoms with Gasteiger partial charge >= 0.3 is 0 Å². The van der Waals surface area contributed by atoms with Crippen LogP contribution in [0.15, 0.2) is 4.52 Å². The Kier molecular flexibility index (Phi) is 5.07. The van der Waals surface area contributed by atoms with Crippen molar-refractivity contribution >= 4 is 16.9 Å². The van der Waals surface area contributed by atoms with Gasteiger partial charge in [0.05, 0.1) is 11.8 Å². The van der Waals surface area contributed by atoms with Crippen LogP contribution in [0.3, 0.4) is 0 Å². The van der Waals surface area contributed by atoms with Crippen LogP contribution in [0.2, 0.25) is 0 Å². The van der Waals surface area contributed by atoms with E-state index in [9.17, 15) is 5.11 Å². The molecule has 2 aromatic rings. The maximum Gasteiger partial charge on any atom is 0.263 e. The van der Waals surface area contributed by atoms with Gasteiger partial charge < -0.3 is 19.8 Å². The predicted octanol–water partition coefficient (Wildman–Crippen LogP) is 1.88. The summed E-state index contributed by atoms with van der Waals surface area (Å²) in [7, 11) is 0. The van der Waals surface area contributed by atoms with E-state index in [-0.39, 0.29) is 0 Å². The second-order valence-corrected chi connectivity index (χ2v) is 6.32. The number of likely N-dealkylation sites (tertiary alicyclic amines) is 1. The lowest BCUT2D eigenvalue weighted by Crippen LogP contribution is -2.36. The average molecular weight is 319 g/mol. The molecule has 7 heteroatoms. The minimum absolute atomic E-state index is 0.432. The molecule has 0 unspecified atom stereocenters. The van der Waals surface area contributed by atoms with E-state index >= 15 is 0 Å². The van der Waals surface area contributed by atoms with Gasteiger partial charge in [-0.3, -0.25) is 0 Å². The molecule has 1 saturated heterocycles. The summed E-state index contributed by atoms with van der Waals surface area (Å²) < 4.78 is 5.20. The first-order valence-electron chi connectivity index (χ1n) is 8.38. The number of nitrogens with one attached hydrogen (secondary N) is 1. The van der Waals surface area contributed by atoms with Crippen molar-refractivity contribution in [2.75, 3.05) is 31.5 Å². The van der Waals surface area contributed by atoms with Crippen LogP contribution in [-0.2, 0) is 0 Å². The van der Waals surface area contributed by atoms with Crippen molar-refractivity contribution in [3.05, 3.63) is 11.5 Å². The number of anilines is 1. The highest BCUT2D eigenvalue weighted by Gasteiger charge is 2.17. The number of hydrogen-bond acceptors (Lipinski definition) is 7. The zero-order valence-corrected chi connectivity index (χ0v) is 13.9. The first-order chi connectivity index (χ1) is 11.1. The second kappa shape index (κ2) is 7.23. The van der Waals surface area contributed by atoms with Gasteiger partial charge in [0.15, 0.2) is 0 Å². The Morgan fingerprint density at radius 3 is 2.65 bits per heavy atom. The van der Waals surface area contributed by atoms with Crippen molar-refractivity contribution < 1.29 is 9.63 Å². The monoisotopic (exact) mass is 319 g/mol. The van der Waals surface area contributed by atoms with Crippen molar-refractivity contribution in [3.8, 4) is 0 Å². The number of aliphatic hydroxyl groups is 1. The molecule has 126 valence electrons. The quantitative estimate of drug-likeness (QED) is 0.870. The largest absolute Gasteiger partial charge is 0.390 e. The van der Waals surface area contributed by atoms with E-state index in [1.54, 1.807) is 0 Å². The third-order valence-electron chi connectivity index (χ3n) is 4.29. The lowest BCUT2D eigenvalue weighted by Gasteiger charge is -2.23. The van der Waals surface area contributed by atoms with E-state index in [2.05, 4.69) is 25.3 Å². The van der Waals surface area contributed by atoms with Crippen LogP contribution in [0, 0.1) is 13.8 Å². The molecule has 1 aliphatic heterocycles. The van der Waals surface area contributed by atoms with E-state index in [1.807, 2.05) is 13.8 Å². The summed E-state index contributed by atoms with van der Waals surface area (Å²) in [5.74, 6) is 1.30. The fourth-order valence-electron chi connectivity index (χ4n) is 3.12. The molecular formula is C16H25N5O2. The fourth-order valence-corrected chi connectivity index (χ4v) is 3.12. The summed E-state index contributed by atoms with van der Waals surface area (Å²) >= 11 is 0. The normalized spacial score (nSPS) is 18.0. The van der Waals surface area contributed by atoms with Crippen LogP contribution in [0.25, 0.3) is 11.1 Å². The molecule has 0 aromatic carbocycles. The third-order valence-corrected chi connectivity index (χ3v) is 4.29. The Balaban J connectivity index is 1.62. The lowest BCUT2D eigenvalue weighted by molar-refractivity contribution is 0.124. The van der Waals surface area contributed by atoms with E-state index in [1.165, 1.54) is 25.7 Å².